The summed E-state index contributed by atoms with van der Waals surface area (Å²) in [7, 11) is 0. The fourth-order valence-corrected chi connectivity index (χ4v) is 6.73. The maximum Gasteiger partial charge on any atom is 0.303 e. The molecular formula is C38H59N15O8. The van der Waals surface area contributed by atoms with E-state index in [0.29, 0.717) is 141 Å². The number of carbonyl (C=O) groups excluding carboxylic acids is 2. The number of aliphatic hydroxyl groups is 1. The lowest BCUT2D eigenvalue weighted by atomic mass is 10.1. The number of hydrogen-bond acceptors (Lipinski definition) is 18. The molecule has 2 unspecified atom stereocenters. The fraction of sp³-hybridized carbons (Fsp3) is 0.684. The largest absolute Gasteiger partial charge is 0.481 e. The molecule has 23 nitrogen and oxygen atoms in total. The van der Waals surface area contributed by atoms with Crippen molar-refractivity contribution in [1.29, 1.82) is 0 Å². The number of ether oxygens (including phenoxy) is 3. The number of carbonyl (C=O) groups is 3. The number of carboxylic acid groups (broad SMARTS) is 1. The van der Waals surface area contributed by atoms with Gasteiger partial charge in [0.2, 0.25) is 29.7 Å². The first-order valence-electron chi connectivity index (χ1n) is 20.8. The van der Waals surface area contributed by atoms with Gasteiger partial charge in [-0.1, -0.05) is 16.3 Å². The summed E-state index contributed by atoms with van der Waals surface area (Å²) in [5.74, 6) is 2.58. The molecule has 0 aromatic carbocycles. The Morgan fingerprint density at radius 1 is 0.852 bits per heavy atom. The Bertz CT molecular complexity index is 1850. The maximum absolute atomic E-state index is 14.0. The van der Waals surface area contributed by atoms with Crippen molar-refractivity contribution >= 4 is 35.6 Å². The number of amides is 2. The van der Waals surface area contributed by atoms with Crippen LogP contribution in [0.3, 0.4) is 0 Å². The van der Waals surface area contributed by atoms with E-state index >= 15 is 0 Å². The van der Waals surface area contributed by atoms with Crippen LogP contribution in [-0.2, 0) is 48.0 Å². The quantitative estimate of drug-likeness (QED) is 0.0526. The number of hydrogen-bond donors (Lipinski definition) is 4. The molecule has 334 valence electrons. The van der Waals surface area contributed by atoms with Crippen LogP contribution >= 0.6 is 0 Å². The number of aliphatic carboxylic acids is 1. The van der Waals surface area contributed by atoms with E-state index in [4.69, 9.17) is 46.4 Å². The number of nitrogens with two attached hydrogens (primary N) is 1. The van der Waals surface area contributed by atoms with Crippen LogP contribution in [0.1, 0.15) is 50.0 Å². The minimum absolute atomic E-state index is 0.0431. The monoisotopic (exact) mass is 853 g/mol. The van der Waals surface area contributed by atoms with Crippen molar-refractivity contribution in [3.05, 3.63) is 23.8 Å². The zero-order valence-electron chi connectivity index (χ0n) is 34.9. The van der Waals surface area contributed by atoms with Crippen molar-refractivity contribution in [2.45, 2.75) is 64.1 Å². The minimum atomic E-state index is -0.929. The molecule has 5 N–H and O–H groups in total. The second-order valence-electron chi connectivity index (χ2n) is 14.7. The van der Waals surface area contributed by atoms with Crippen LogP contribution in [0.4, 0.5) is 17.8 Å². The van der Waals surface area contributed by atoms with E-state index in [-0.39, 0.29) is 37.8 Å². The summed E-state index contributed by atoms with van der Waals surface area (Å²) in [6.45, 7) is 8.54. The normalized spacial score (nSPS) is 15.4. The summed E-state index contributed by atoms with van der Waals surface area (Å²) in [4.78, 5) is 60.3. The molecule has 2 fully saturated rings. The smallest absolute Gasteiger partial charge is 0.303 e. The molecule has 0 saturated carbocycles. The number of nitrogens with one attached hydrogen (secondary N) is 1. The summed E-state index contributed by atoms with van der Waals surface area (Å²) in [6.07, 6.45) is 10.5. The second-order valence-corrected chi connectivity index (χ2v) is 14.7. The Hall–Kier alpha value is -5.54. The van der Waals surface area contributed by atoms with Crippen molar-refractivity contribution < 1.29 is 38.8 Å². The molecule has 2 aliphatic rings. The summed E-state index contributed by atoms with van der Waals surface area (Å²) in [5.41, 5.74) is 6.89. The zero-order chi connectivity index (χ0) is 43.4. The van der Waals surface area contributed by atoms with Gasteiger partial charge in [-0.3, -0.25) is 14.4 Å². The molecule has 3 aromatic rings. The van der Waals surface area contributed by atoms with Gasteiger partial charge in [0.05, 0.1) is 56.9 Å². The molecule has 0 aliphatic carbocycles. The topological polar surface area (TPSA) is 270 Å². The molecular weight excluding hydrogens is 795 g/mol. The SMILES string of the molecule is C#CCOCCOCCOCCNc1nc(N2CCN(C(=O)Cn3cc(CC(C)O)nn3)CC2)nc(N2CCN(C(=O)C(CCCCN)n3cc(CCC(=O)O)nn3)CC2)n1. The number of aromatic nitrogens is 9. The van der Waals surface area contributed by atoms with Gasteiger partial charge in [0.15, 0.2) is 0 Å². The number of nitrogens with zero attached hydrogens (tertiary/aromatic N) is 13. The van der Waals surface area contributed by atoms with Gasteiger partial charge in [0, 0.05) is 84.1 Å². The highest BCUT2D eigenvalue weighted by atomic mass is 16.5. The number of terminal acetylenes is 1. The van der Waals surface area contributed by atoms with Crippen LogP contribution in [0.2, 0.25) is 0 Å². The van der Waals surface area contributed by atoms with E-state index in [1.807, 2.05) is 9.80 Å². The Balaban J connectivity index is 1.20. The lowest BCUT2D eigenvalue weighted by Crippen LogP contribution is -2.51. The van der Waals surface area contributed by atoms with Crippen LogP contribution in [0.5, 0.6) is 0 Å². The number of anilines is 3. The minimum Gasteiger partial charge on any atom is -0.481 e. The van der Waals surface area contributed by atoms with Crippen molar-refractivity contribution in [2.75, 3.05) is 120 Å². The van der Waals surface area contributed by atoms with Crippen LogP contribution in [0, 0.1) is 12.3 Å². The van der Waals surface area contributed by atoms with Gasteiger partial charge < -0.3 is 55.1 Å². The number of carboxylic acids is 1. The second kappa shape index (κ2) is 24.7. The molecule has 2 saturated heterocycles. The predicted octanol–water partition coefficient (Wildman–Crippen LogP) is -1.54. The summed E-state index contributed by atoms with van der Waals surface area (Å²) < 4.78 is 19.4. The van der Waals surface area contributed by atoms with Gasteiger partial charge in [-0.25, -0.2) is 9.36 Å². The Morgan fingerprint density at radius 3 is 2.13 bits per heavy atom. The third-order valence-electron chi connectivity index (χ3n) is 9.94. The molecule has 0 bridgehead atoms. The first-order valence-corrected chi connectivity index (χ1v) is 20.8. The Kier molecular flexibility index (Phi) is 18.8. The molecule has 5 rings (SSSR count). The van der Waals surface area contributed by atoms with Crippen LogP contribution in [0.15, 0.2) is 12.4 Å². The highest BCUT2D eigenvalue weighted by Crippen LogP contribution is 2.23. The van der Waals surface area contributed by atoms with E-state index in [9.17, 15) is 19.5 Å². The average molecular weight is 854 g/mol. The first-order chi connectivity index (χ1) is 29.6. The van der Waals surface area contributed by atoms with Gasteiger partial charge in [-0.2, -0.15) is 15.0 Å². The van der Waals surface area contributed by atoms with E-state index < -0.39 is 18.1 Å². The van der Waals surface area contributed by atoms with Crippen molar-refractivity contribution in [3.8, 4) is 12.3 Å². The fourth-order valence-electron chi connectivity index (χ4n) is 6.73. The Labute approximate surface area is 354 Å². The molecule has 23 heteroatoms. The number of aliphatic hydroxyl groups excluding tert-OH is 1. The van der Waals surface area contributed by atoms with Crippen LogP contribution in [-0.4, -0.2) is 194 Å². The third-order valence-corrected chi connectivity index (χ3v) is 9.94. The number of aryl methyl sites for hydroxylation is 1. The van der Waals surface area contributed by atoms with Crippen molar-refractivity contribution in [2.24, 2.45) is 5.73 Å². The molecule has 61 heavy (non-hydrogen) atoms. The highest BCUT2D eigenvalue weighted by molar-refractivity contribution is 5.80. The Morgan fingerprint density at radius 2 is 1.49 bits per heavy atom. The molecule has 0 radical (unpaired) electrons. The summed E-state index contributed by atoms with van der Waals surface area (Å²) in [6, 6.07) is -0.597. The predicted molar refractivity (Wildman–Crippen MR) is 221 cm³/mol. The molecule has 5 heterocycles. The van der Waals surface area contributed by atoms with E-state index in [1.165, 1.54) is 4.68 Å². The zero-order valence-corrected chi connectivity index (χ0v) is 34.9. The summed E-state index contributed by atoms with van der Waals surface area (Å²) in [5, 5.41) is 38.4. The van der Waals surface area contributed by atoms with Crippen LogP contribution in [0.25, 0.3) is 0 Å². The van der Waals surface area contributed by atoms with Gasteiger partial charge in [-0.15, -0.1) is 16.6 Å². The lowest BCUT2D eigenvalue weighted by Gasteiger charge is -2.37. The van der Waals surface area contributed by atoms with Gasteiger partial charge in [0.25, 0.3) is 0 Å². The van der Waals surface area contributed by atoms with Crippen LogP contribution < -0.4 is 20.9 Å². The lowest BCUT2D eigenvalue weighted by molar-refractivity contribution is -0.137. The third kappa shape index (κ3) is 15.2. The maximum atomic E-state index is 14.0. The van der Waals surface area contributed by atoms with Crippen molar-refractivity contribution in [1.82, 2.24) is 54.7 Å². The number of unbranched alkanes of at least 4 members (excludes halogenated alkanes) is 1. The highest BCUT2D eigenvalue weighted by Gasteiger charge is 2.31. The van der Waals surface area contributed by atoms with Gasteiger partial charge in [0.1, 0.15) is 19.2 Å². The van der Waals surface area contributed by atoms with Gasteiger partial charge >= 0.3 is 5.97 Å². The van der Waals surface area contributed by atoms with E-state index in [0.717, 1.165) is 12.8 Å². The summed E-state index contributed by atoms with van der Waals surface area (Å²) >= 11 is 0. The number of piperazine rings is 2. The van der Waals surface area contributed by atoms with E-state index in [2.05, 4.69) is 31.9 Å². The van der Waals surface area contributed by atoms with Gasteiger partial charge in [-0.05, 0) is 32.7 Å². The molecule has 2 amide bonds. The number of rotatable bonds is 26. The van der Waals surface area contributed by atoms with E-state index in [1.54, 1.807) is 33.8 Å². The standard InChI is InChI=1S/C38H59N15O8/c1-3-19-59-21-23-61-24-22-60-20-10-40-36-41-37(50-15-11-48(12-16-50)33(55)28-52-26-31(45-46-52)25-29(2)54)43-38(42-36)51-17-13-49(14-18-51)35(58)32(6-4-5-9-39)53-27-30(44-47-53)7-8-34(56)57/h1,26-27,29,32,54H,4-25,28,39H2,2H3,(H,56,57)(H,40,41,42,43). The first kappa shape index (κ1) is 46.5. The average Bonchev–Trinajstić information content (AvgIpc) is 3.92. The molecule has 2 aliphatic heterocycles. The molecule has 3 aromatic heterocycles. The molecule has 2 atom stereocenters. The van der Waals surface area contributed by atoms with Crippen molar-refractivity contribution in [3.63, 3.8) is 0 Å². The molecule has 0 spiro atoms.